The number of hydrogen-bond acceptors (Lipinski definition) is 3. The van der Waals surface area contributed by atoms with Gasteiger partial charge in [-0.3, -0.25) is 4.98 Å². The maximum absolute atomic E-state index is 4.56. The molecular formula is C19H25N3. The first-order valence-electron chi connectivity index (χ1n) is 8.37. The van der Waals surface area contributed by atoms with Gasteiger partial charge in [-0.25, -0.2) is 0 Å². The van der Waals surface area contributed by atoms with Crippen LogP contribution in [0.1, 0.15) is 51.7 Å². The Morgan fingerprint density at radius 1 is 1.14 bits per heavy atom. The third kappa shape index (κ3) is 1.31. The monoisotopic (exact) mass is 295 g/mol. The fourth-order valence-electron chi connectivity index (χ4n) is 4.97. The zero-order chi connectivity index (χ0) is 15.7. The van der Waals surface area contributed by atoms with Crippen molar-refractivity contribution < 1.29 is 0 Å². The highest BCUT2D eigenvalue weighted by molar-refractivity contribution is 5.82. The molecule has 0 amide bonds. The maximum Gasteiger partial charge on any atom is 0.112 e. The number of rotatable bonds is 2. The first-order chi connectivity index (χ1) is 10.5. The lowest BCUT2D eigenvalue weighted by Gasteiger charge is -2.59. The van der Waals surface area contributed by atoms with E-state index in [1.54, 1.807) is 0 Å². The lowest BCUT2D eigenvalue weighted by Crippen LogP contribution is -2.62. The van der Waals surface area contributed by atoms with Crippen LogP contribution in [0.5, 0.6) is 0 Å². The summed E-state index contributed by atoms with van der Waals surface area (Å²) in [6.07, 6.45) is 13.5. The van der Waals surface area contributed by atoms with Gasteiger partial charge in [0.05, 0.1) is 11.4 Å². The Morgan fingerprint density at radius 3 is 2.59 bits per heavy atom. The van der Waals surface area contributed by atoms with E-state index in [-0.39, 0.29) is 10.8 Å². The summed E-state index contributed by atoms with van der Waals surface area (Å²) in [6, 6.07) is 0. The van der Waals surface area contributed by atoms with E-state index in [0.29, 0.717) is 6.17 Å². The molecule has 0 aromatic carbocycles. The summed E-state index contributed by atoms with van der Waals surface area (Å²) in [5.74, 6) is 0. The Hall–Kier alpha value is -1.77. The molecule has 3 atom stereocenters. The minimum Gasteiger partial charge on any atom is -0.358 e. The first kappa shape index (κ1) is 13.9. The maximum atomic E-state index is 4.56. The van der Waals surface area contributed by atoms with Gasteiger partial charge in [0.25, 0.3) is 0 Å². The molecule has 0 N–H and O–H groups in total. The van der Waals surface area contributed by atoms with Gasteiger partial charge in [0.2, 0.25) is 0 Å². The van der Waals surface area contributed by atoms with Crippen LogP contribution in [-0.2, 0) is 5.41 Å². The fourth-order valence-corrected chi connectivity index (χ4v) is 4.97. The standard InChI is InChI=1S/C19H25N3/c1-6-18(3)15-11-20-10-13-8-9-14-12-21(5)17(19(18,4)7-2)22(14)16(13)15/h8-12,17H,6-7H2,1-5H3. The second-order valence-electron chi connectivity index (χ2n) is 7.38. The molecule has 0 saturated carbocycles. The SMILES string of the molecule is CCC1(C)c2cncc3c2N2C(=CN(C)C2C1(C)CC)C=C3. The zero-order valence-electron chi connectivity index (χ0n) is 14.2. The number of aromatic nitrogens is 1. The van der Waals surface area contributed by atoms with Gasteiger partial charge < -0.3 is 9.80 Å². The van der Waals surface area contributed by atoms with Crippen LogP contribution in [-0.4, -0.2) is 23.1 Å². The molecule has 1 aromatic rings. The smallest absolute Gasteiger partial charge is 0.112 e. The molecule has 0 radical (unpaired) electrons. The van der Waals surface area contributed by atoms with E-state index in [4.69, 9.17) is 0 Å². The van der Waals surface area contributed by atoms with Gasteiger partial charge in [-0.1, -0.05) is 27.7 Å². The molecule has 4 rings (SSSR count). The molecule has 0 fully saturated rings. The van der Waals surface area contributed by atoms with E-state index in [1.165, 1.54) is 22.5 Å². The number of nitrogens with zero attached hydrogens (tertiary/aromatic N) is 3. The van der Waals surface area contributed by atoms with Crippen molar-refractivity contribution in [2.45, 2.75) is 52.1 Å². The molecule has 3 unspecified atom stereocenters. The van der Waals surface area contributed by atoms with Gasteiger partial charge in [-0.05, 0) is 25.0 Å². The van der Waals surface area contributed by atoms with Crippen molar-refractivity contribution in [1.82, 2.24) is 9.88 Å². The highest BCUT2D eigenvalue weighted by atomic mass is 15.4. The number of allylic oxidation sites excluding steroid dienone is 1. The van der Waals surface area contributed by atoms with E-state index in [0.717, 1.165) is 12.8 Å². The van der Waals surface area contributed by atoms with Gasteiger partial charge >= 0.3 is 0 Å². The Bertz CT molecular complexity index is 705. The van der Waals surface area contributed by atoms with Crippen LogP contribution in [0.15, 0.2) is 30.4 Å². The van der Waals surface area contributed by atoms with Crippen LogP contribution in [0.25, 0.3) is 6.08 Å². The third-order valence-electron chi connectivity index (χ3n) is 6.73. The van der Waals surface area contributed by atoms with Crippen molar-refractivity contribution >= 4 is 11.8 Å². The third-order valence-corrected chi connectivity index (χ3v) is 6.73. The Balaban J connectivity index is 2.09. The van der Waals surface area contributed by atoms with Crippen molar-refractivity contribution in [1.29, 1.82) is 0 Å². The molecular weight excluding hydrogens is 270 g/mol. The molecule has 3 aliphatic rings. The van der Waals surface area contributed by atoms with E-state index in [1.807, 2.05) is 6.20 Å². The van der Waals surface area contributed by atoms with E-state index in [9.17, 15) is 0 Å². The summed E-state index contributed by atoms with van der Waals surface area (Å²) in [6.45, 7) is 9.56. The normalized spacial score (nSPS) is 34.8. The number of hydrogen-bond donors (Lipinski definition) is 0. The molecule has 116 valence electrons. The quantitative estimate of drug-likeness (QED) is 0.818. The van der Waals surface area contributed by atoms with Crippen LogP contribution in [0.3, 0.4) is 0 Å². The largest absolute Gasteiger partial charge is 0.358 e. The highest BCUT2D eigenvalue weighted by Crippen LogP contribution is 2.60. The summed E-state index contributed by atoms with van der Waals surface area (Å²) < 4.78 is 0. The molecule has 22 heavy (non-hydrogen) atoms. The fraction of sp³-hybridized carbons (Fsp3) is 0.526. The first-order valence-corrected chi connectivity index (χ1v) is 8.37. The molecule has 3 nitrogen and oxygen atoms in total. The van der Waals surface area contributed by atoms with Crippen LogP contribution >= 0.6 is 0 Å². The molecule has 0 spiro atoms. The van der Waals surface area contributed by atoms with Crippen LogP contribution < -0.4 is 4.90 Å². The molecule has 0 aliphatic carbocycles. The van der Waals surface area contributed by atoms with Crippen LogP contribution in [0.2, 0.25) is 0 Å². The topological polar surface area (TPSA) is 19.4 Å². The number of anilines is 1. The molecule has 3 heteroatoms. The van der Waals surface area contributed by atoms with E-state index >= 15 is 0 Å². The Morgan fingerprint density at radius 2 is 1.91 bits per heavy atom. The number of pyridine rings is 1. The Kier molecular flexibility index (Phi) is 2.62. The van der Waals surface area contributed by atoms with Gasteiger partial charge in [0, 0.05) is 47.6 Å². The van der Waals surface area contributed by atoms with Crippen molar-refractivity contribution in [2.24, 2.45) is 5.41 Å². The van der Waals surface area contributed by atoms with Crippen molar-refractivity contribution in [3.8, 4) is 0 Å². The molecule has 1 aromatic heterocycles. The summed E-state index contributed by atoms with van der Waals surface area (Å²) in [7, 11) is 2.22. The second-order valence-corrected chi connectivity index (χ2v) is 7.38. The Labute approximate surface area is 133 Å². The second kappa shape index (κ2) is 4.15. The van der Waals surface area contributed by atoms with Crippen LogP contribution in [0.4, 0.5) is 5.69 Å². The lowest BCUT2D eigenvalue weighted by molar-refractivity contribution is 0.0388. The van der Waals surface area contributed by atoms with E-state index in [2.05, 4.69) is 74.1 Å². The highest BCUT2D eigenvalue weighted by Gasteiger charge is 2.59. The van der Waals surface area contributed by atoms with Crippen molar-refractivity contribution in [2.75, 3.05) is 11.9 Å². The summed E-state index contributed by atoms with van der Waals surface area (Å²) in [4.78, 5) is 9.52. The predicted molar refractivity (Wildman–Crippen MR) is 91.4 cm³/mol. The van der Waals surface area contributed by atoms with Gasteiger partial charge in [-0.15, -0.1) is 0 Å². The van der Waals surface area contributed by atoms with Gasteiger partial charge in [-0.2, -0.15) is 0 Å². The van der Waals surface area contributed by atoms with E-state index < -0.39 is 0 Å². The zero-order valence-corrected chi connectivity index (χ0v) is 14.2. The summed E-state index contributed by atoms with van der Waals surface area (Å²) in [5.41, 5.74) is 5.67. The minimum atomic E-state index is 0.129. The molecule has 0 saturated heterocycles. The van der Waals surface area contributed by atoms with Gasteiger partial charge in [0.15, 0.2) is 0 Å². The van der Waals surface area contributed by atoms with Gasteiger partial charge in [0.1, 0.15) is 6.17 Å². The summed E-state index contributed by atoms with van der Waals surface area (Å²) in [5, 5.41) is 0. The van der Waals surface area contributed by atoms with Crippen LogP contribution in [0, 0.1) is 5.41 Å². The van der Waals surface area contributed by atoms with Crippen molar-refractivity contribution in [3.63, 3.8) is 0 Å². The predicted octanol–water partition coefficient (Wildman–Crippen LogP) is 4.13. The average molecular weight is 295 g/mol. The molecule has 0 bridgehead atoms. The summed E-state index contributed by atoms with van der Waals surface area (Å²) >= 11 is 0. The van der Waals surface area contributed by atoms with Crippen molar-refractivity contribution in [3.05, 3.63) is 41.5 Å². The lowest BCUT2D eigenvalue weighted by atomic mass is 9.55. The minimum absolute atomic E-state index is 0.129. The average Bonchev–Trinajstić information content (AvgIpc) is 2.88. The molecule has 4 heterocycles. The molecule has 3 aliphatic heterocycles.